The lowest BCUT2D eigenvalue weighted by Gasteiger charge is -1.95. The van der Waals surface area contributed by atoms with Crippen LogP contribution in [0.4, 0.5) is 8.78 Å². The Labute approximate surface area is 57.2 Å². The highest BCUT2D eigenvalue weighted by Gasteiger charge is 2.49. The summed E-state index contributed by atoms with van der Waals surface area (Å²) in [5.41, 5.74) is 0. The molecular formula is C6H8F2O2. The molecule has 1 aliphatic rings. The van der Waals surface area contributed by atoms with Gasteiger partial charge in [-0.05, 0) is 6.42 Å². The number of hydrogen-bond acceptors (Lipinski definition) is 2. The van der Waals surface area contributed by atoms with Crippen LogP contribution in [0, 0.1) is 11.8 Å². The number of halogens is 2. The minimum Gasteiger partial charge on any atom is -0.469 e. The Morgan fingerprint density at radius 3 is 2.60 bits per heavy atom. The van der Waals surface area contributed by atoms with E-state index >= 15 is 0 Å². The highest BCUT2D eigenvalue weighted by atomic mass is 19.3. The second-order valence-corrected chi connectivity index (χ2v) is 2.36. The number of carbonyl (C=O) groups is 1. The first-order chi connectivity index (χ1) is 4.66. The number of carbonyl (C=O) groups excluding carboxylic acids is 1. The van der Waals surface area contributed by atoms with Crippen molar-refractivity contribution in [3.8, 4) is 0 Å². The van der Waals surface area contributed by atoms with Crippen molar-refractivity contribution in [3.05, 3.63) is 0 Å². The SMILES string of the molecule is COC(=O)C1CC1C(F)F. The van der Waals surface area contributed by atoms with E-state index in [1.807, 2.05) is 0 Å². The third-order valence-electron chi connectivity index (χ3n) is 1.67. The molecule has 0 amide bonds. The van der Waals surface area contributed by atoms with Crippen LogP contribution in [0.1, 0.15) is 6.42 Å². The van der Waals surface area contributed by atoms with Crippen molar-refractivity contribution < 1.29 is 18.3 Å². The van der Waals surface area contributed by atoms with E-state index in [0.29, 0.717) is 0 Å². The summed E-state index contributed by atoms with van der Waals surface area (Å²) in [6.45, 7) is 0. The van der Waals surface area contributed by atoms with Crippen molar-refractivity contribution >= 4 is 5.97 Å². The van der Waals surface area contributed by atoms with Crippen LogP contribution in [0.25, 0.3) is 0 Å². The van der Waals surface area contributed by atoms with Crippen molar-refractivity contribution in [2.45, 2.75) is 12.8 Å². The summed E-state index contributed by atoms with van der Waals surface area (Å²) < 4.78 is 27.8. The van der Waals surface area contributed by atoms with E-state index in [4.69, 9.17) is 0 Å². The fourth-order valence-corrected chi connectivity index (χ4v) is 0.916. The number of rotatable bonds is 2. The molecule has 1 rings (SSSR count). The van der Waals surface area contributed by atoms with Gasteiger partial charge < -0.3 is 4.74 Å². The van der Waals surface area contributed by atoms with Crippen LogP contribution in [0.5, 0.6) is 0 Å². The van der Waals surface area contributed by atoms with Gasteiger partial charge in [0.15, 0.2) is 0 Å². The topological polar surface area (TPSA) is 26.3 Å². The molecular weight excluding hydrogens is 142 g/mol. The van der Waals surface area contributed by atoms with E-state index in [9.17, 15) is 13.6 Å². The second-order valence-electron chi connectivity index (χ2n) is 2.36. The molecule has 1 aliphatic carbocycles. The molecule has 10 heavy (non-hydrogen) atoms. The van der Waals surface area contributed by atoms with Gasteiger partial charge in [0.1, 0.15) is 0 Å². The maximum atomic E-state index is 11.8. The minimum absolute atomic E-state index is 0.282. The van der Waals surface area contributed by atoms with Gasteiger partial charge in [0.25, 0.3) is 0 Å². The molecule has 2 nitrogen and oxygen atoms in total. The first kappa shape index (κ1) is 7.44. The number of hydrogen-bond donors (Lipinski definition) is 0. The van der Waals surface area contributed by atoms with Crippen LogP contribution in [-0.4, -0.2) is 19.5 Å². The highest BCUT2D eigenvalue weighted by molar-refractivity contribution is 5.75. The summed E-state index contributed by atoms with van der Waals surface area (Å²) in [5, 5.41) is 0. The van der Waals surface area contributed by atoms with Gasteiger partial charge in [-0.2, -0.15) is 0 Å². The fourth-order valence-electron chi connectivity index (χ4n) is 0.916. The summed E-state index contributed by atoms with van der Waals surface area (Å²) in [5.74, 6) is -1.79. The Morgan fingerprint density at radius 2 is 2.30 bits per heavy atom. The first-order valence-electron chi connectivity index (χ1n) is 3.02. The summed E-state index contributed by atoms with van der Waals surface area (Å²) in [6.07, 6.45) is -2.09. The lowest BCUT2D eigenvalue weighted by atomic mass is 10.3. The Kier molecular flexibility index (Phi) is 1.87. The number of alkyl halides is 2. The van der Waals surface area contributed by atoms with Crippen molar-refractivity contribution in [2.75, 3.05) is 7.11 Å². The average Bonchev–Trinajstić information content (AvgIpc) is 2.64. The molecule has 2 unspecified atom stereocenters. The van der Waals surface area contributed by atoms with E-state index in [1.165, 1.54) is 7.11 Å². The number of methoxy groups -OCH3 is 1. The molecule has 1 saturated carbocycles. The zero-order chi connectivity index (χ0) is 7.72. The van der Waals surface area contributed by atoms with E-state index in [2.05, 4.69) is 4.74 Å². The van der Waals surface area contributed by atoms with Gasteiger partial charge in [-0.1, -0.05) is 0 Å². The van der Waals surface area contributed by atoms with Crippen LogP contribution >= 0.6 is 0 Å². The van der Waals surface area contributed by atoms with Gasteiger partial charge in [0.2, 0.25) is 6.43 Å². The number of esters is 1. The molecule has 0 aliphatic heterocycles. The van der Waals surface area contributed by atoms with E-state index < -0.39 is 24.2 Å². The minimum atomic E-state index is -2.37. The van der Waals surface area contributed by atoms with E-state index in [1.54, 1.807) is 0 Å². The maximum Gasteiger partial charge on any atom is 0.309 e. The Balaban J connectivity index is 2.31. The highest BCUT2D eigenvalue weighted by Crippen LogP contribution is 2.43. The lowest BCUT2D eigenvalue weighted by Crippen LogP contribution is -2.07. The molecule has 0 aromatic carbocycles. The van der Waals surface area contributed by atoms with Crippen molar-refractivity contribution in [1.82, 2.24) is 0 Å². The van der Waals surface area contributed by atoms with Crippen molar-refractivity contribution in [3.63, 3.8) is 0 Å². The van der Waals surface area contributed by atoms with Crippen LogP contribution in [0.3, 0.4) is 0 Å². The summed E-state index contributed by atoms with van der Waals surface area (Å²) in [7, 11) is 1.21. The zero-order valence-electron chi connectivity index (χ0n) is 5.51. The molecule has 2 atom stereocenters. The largest absolute Gasteiger partial charge is 0.469 e. The summed E-state index contributed by atoms with van der Waals surface area (Å²) in [6, 6.07) is 0. The molecule has 58 valence electrons. The standard InChI is InChI=1S/C6H8F2O2/c1-10-6(9)4-2-3(4)5(7)8/h3-5H,2H2,1H3. The molecule has 0 saturated heterocycles. The van der Waals surface area contributed by atoms with Crippen LogP contribution in [0.15, 0.2) is 0 Å². The van der Waals surface area contributed by atoms with Gasteiger partial charge in [-0.15, -0.1) is 0 Å². The van der Waals surface area contributed by atoms with E-state index in [0.717, 1.165) is 0 Å². The van der Waals surface area contributed by atoms with Crippen molar-refractivity contribution in [1.29, 1.82) is 0 Å². The normalized spacial score (nSPS) is 30.4. The van der Waals surface area contributed by atoms with Gasteiger partial charge in [0.05, 0.1) is 13.0 Å². The Bertz CT molecular complexity index is 147. The third kappa shape index (κ3) is 1.25. The predicted octanol–water partition coefficient (Wildman–Crippen LogP) is 1.06. The molecule has 0 bridgehead atoms. The van der Waals surface area contributed by atoms with Gasteiger partial charge in [-0.3, -0.25) is 4.79 Å². The van der Waals surface area contributed by atoms with Gasteiger partial charge >= 0.3 is 5.97 Å². The molecule has 0 heterocycles. The summed E-state index contributed by atoms with van der Waals surface area (Å²) in [4.78, 5) is 10.5. The summed E-state index contributed by atoms with van der Waals surface area (Å²) >= 11 is 0. The van der Waals surface area contributed by atoms with Gasteiger partial charge in [-0.25, -0.2) is 8.78 Å². The monoisotopic (exact) mass is 150 g/mol. The quantitative estimate of drug-likeness (QED) is 0.550. The Morgan fingerprint density at radius 1 is 1.70 bits per heavy atom. The maximum absolute atomic E-state index is 11.8. The second kappa shape index (κ2) is 2.52. The Hall–Kier alpha value is -0.670. The smallest absolute Gasteiger partial charge is 0.309 e. The lowest BCUT2D eigenvalue weighted by molar-refractivity contribution is -0.143. The zero-order valence-corrected chi connectivity index (χ0v) is 5.51. The fraction of sp³-hybridized carbons (Fsp3) is 0.833. The van der Waals surface area contributed by atoms with Crippen LogP contribution in [0.2, 0.25) is 0 Å². The van der Waals surface area contributed by atoms with E-state index in [-0.39, 0.29) is 6.42 Å². The van der Waals surface area contributed by atoms with Crippen LogP contribution in [-0.2, 0) is 9.53 Å². The molecule has 0 aromatic rings. The molecule has 0 spiro atoms. The van der Waals surface area contributed by atoms with Gasteiger partial charge in [0, 0.05) is 5.92 Å². The predicted molar refractivity (Wildman–Crippen MR) is 29.6 cm³/mol. The molecule has 0 aromatic heterocycles. The average molecular weight is 150 g/mol. The number of ether oxygens (including phenoxy) is 1. The third-order valence-corrected chi connectivity index (χ3v) is 1.67. The molecule has 4 heteroatoms. The van der Waals surface area contributed by atoms with Crippen molar-refractivity contribution in [2.24, 2.45) is 11.8 Å². The molecule has 0 N–H and O–H groups in total. The first-order valence-corrected chi connectivity index (χ1v) is 3.02. The molecule has 1 fully saturated rings. The molecule has 0 radical (unpaired) electrons. The van der Waals surface area contributed by atoms with Crippen LogP contribution < -0.4 is 0 Å².